The molecule has 0 radical (unpaired) electrons. The molecule has 280 valence electrons. The minimum absolute atomic E-state index is 0.00895. The Hall–Kier alpha value is -4.32. The summed E-state index contributed by atoms with van der Waals surface area (Å²) < 4.78 is 92.9. The SMILES string of the molecule is CC(C)(C)OC(=O)c1ccc(C2N=CC(OCC3(C(F)(F)F)CC3)=N2)nc1Cl.O=C(O)c1ccc(C2N=CC(OCC3(C(F)(F)F)CC3)=N2)nc1Cl. The summed E-state index contributed by atoms with van der Waals surface area (Å²) in [6, 6.07) is 5.62. The number of alkyl halides is 6. The molecule has 12 nitrogen and oxygen atoms in total. The fourth-order valence-electron chi connectivity index (χ4n) is 4.65. The van der Waals surface area contributed by atoms with E-state index in [0.29, 0.717) is 5.69 Å². The second kappa shape index (κ2) is 14.2. The first-order valence-corrected chi connectivity index (χ1v) is 16.3. The smallest absolute Gasteiger partial charge is 0.397 e. The molecule has 4 aliphatic rings. The minimum Gasteiger partial charge on any atom is -0.478 e. The van der Waals surface area contributed by atoms with Gasteiger partial charge in [0.05, 0.1) is 34.9 Å². The van der Waals surface area contributed by atoms with Gasteiger partial charge < -0.3 is 19.3 Å². The van der Waals surface area contributed by atoms with Crippen molar-refractivity contribution in [3.8, 4) is 0 Å². The Morgan fingerprint density at radius 1 is 0.750 bits per heavy atom. The van der Waals surface area contributed by atoms with E-state index in [1.54, 1.807) is 20.8 Å². The molecule has 2 aliphatic carbocycles. The second-order valence-electron chi connectivity index (χ2n) is 13.3. The number of carboxylic acid groups (broad SMARTS) is 1. The van der Waals surface area contributed by atoms with Crippen LogP contribution in [0.1, 0.15) is 90.9 Å². The monoisotopic (exact) mass is 778 g/mol. The first-order valence-electron chi connectivity index (χ1n) is 15.5. The Balaban J connectivity index is 0.000000203. The van der Waals surface area contributed by atoms with Crippen LogP contribution in [0.2, 0.25) is 10.3 Å². The minimum atomic E-state index is -4.30. The predicted octanol–water partition coefficient (Wildman–Crippen LogP) is 7.80. The Bertz CT molecular complexity index is 1850. The van der Waals surface area contributed by atoms with Gasteiger partial charge in [0.25, 0.3) is 0 Å². The maximum atomic E-state index is 12.9. The van der Waals surface area contributed by atoms with E-state index in [0.717, 1.165) is 0 Å². The molecular formula is C32H30Cl2F6N6O6. The summed E-state index contributed by atoms with van der Waals surface area (Å²) in [7, 11) is 0. The molecular weight excluding hydrogens is 749 g/mol. The van der Waals surface area contributed by atoms with Gasteiger partial charge in [-0.25, -0.2) is 29.5 Å². The van der Waals surface area contributed by atoms with E-state index >= 15 is 0 Å². The van der Waals surface area contributed by atoms with E-state index in [-0.39, 0.29) is 64.6 Å². The van der Waals surface area contributed by atoms with Crippen LogP contribution in [0.15, 0.2) is 44.2 Å². The van der Waals surface area contributed by atoms with Crippen LogP contribution in [-0.4, -0.2) is 82.4 Å². The molecule has 0 saturated heterocycles. The van der Waals surface area contributed by atoms with E-state index in [1.807, 2.05) is 0 Å². The number of carboxylic acids is 1. The zero-order valence-corrected chi connectivity index (χ0v) is 29.1. The van der Waals surface area contributed by atoms with Crippen molar-refractivity contribution < 1.29 is 55.2 Å². The Morgan fingerprint density at radius 2 is 1.15 bits per heavy atom. The first-order chi connectivity index (χ1) is 24.1. The molecule has 1 N–H and O–H groups in total. The quantitative estimate of drug-likeness (QED) is 0.162. The molecule has 6 rings (SSSR count). The number of esters is 1. The number of aromatic nitrogens is 2. The maximum Gasteiger partial charge on any atom is 0.397 e. The number of nitrogens with zero attached hydrogens (tertiary/aromatic N) is 6. The molecule has 2 saturated carbocycles. The summed E-state index contributed by atoms with van der Waals surface area (Å²) in [5.41, 5.74) is -3.70. The molecule has 0 spiro atoms. The molecule has 2 aromatic rings. The Kier molecular flexibility index (Phi) is 10.7. The topological polar surface area (TPSA) is 157 Å². The molecule has 4 heterocycles. The van der Waals surface area contributed by atoms with Crippen LogP contribution in [0, 0.1) is 10.8 Å². The highest BCUT2D eigenvalue weighted by Gasteiger charge is 2.64. The van der Waals surface area contributed by atoms with E-state index in [9.17, 15) is 35.9 Å². The number of rotatable bonds is 8. The van der Waals surface area contributed by atoms with Crippen LogP contribution < -0.4 is 0 Å². The van der Waals surface area contributed by atoms with Gasteiger partial charge in [-0.3, -0.25) is 9.98 Å². The fourth-order valence-corrected chi connectivity index (χ4v) is 5.13. The van der Waals surface area contributed by atoms with Crippen molar-refractivity contribution in [2.75, 3.05) is 13.2 Å². The average molecular weight is 780 g/mol. The van der Waals surface area contributed by atoms with E-state index in [1.165, 1.54) is 36.7 Å². The van der Waals surface area contributed by atoms with Crippen molar-refractivity contribution in [1.29, 1.82) is 0 Å². The standard InChI is InChI=1S/C18H19ClF3N3O3.C14H11ClF3N3O3/c1-16(2,3)28-15(26)10-4-5-11(24-13(10)19)14-23-8-12(25-14)27-9-17(6-7-17)18(20,21)22;15-10-7(12(22)23)1-2-8(20-10)11-19-5-9(21-11)24-6-13(3-4-13)14(16,17)18/h4-5,8,14H,6-7,9H2,1-3H3;1-2,5,11H,3-4,6H2,(H,22,23). The molecule has 2 fully saturated rings. The third-order valence-corrected chi connectivity index (χ3v) is 8.75. The lowest BCUT2D eigenvalue weighted by Crippen LogP contribution is -2.30. The molecule has 2 aromatic heterocycles. The molecule has 2 aliphatic heterocycles. The van der Waals surface area contributed by atoms with Crippen molar-refractivity contribution >= 4 is 59.4 Å². The van der Waals surface area contributed by atoms with Crippen LogP contribution in [0.4, 0.5) is 26.3 Å². The van der Waals surface area contributed by atoms with E-state index < -0.39 is 66.3 Å². The van der Waals surface area contributed by atoms with Crippen molar-refractivity contribution in [1.82, 2.24) is 9.97 Å². The summed E-state index contributed by atoms with van der Waals surface area (Å²) in [5, 5.41) is 8.61. The van der Waals surface area contributed by atoms with Crippen LogP contribution in [-0.2, 0) is 14.2 Å². The van der Waals surface area contributed by atoms with Gasteiger partial charge in [-0.15, -0.1) is 0 Å². The molecule has 52 heavy (non-hydrogen) atoms. The van der Waals surface area contributed by atoms with Gasteiger partial charge in [-0.2, -0.15) is 26.3 Å². The van der Waals surface area contributed by atoms with Crippen molar-refractivity contribution in [2.45, 2.75) is 76.7 Å². The number of hydrogen-bond acceptors (Lipinski definition) is 11. The van der Waals surface area contributed by atoms with Crippen LogP contribution in [0.25, 0.3) is 0 Å². The number of pyridine rings is 2. The van der Waals surface area contributed by atoms with Gasteiger partial charge in [0.1, 0.15) is 40.0 Å². The summed E-state index contributed by atoms with van der Waals surface area (Å²) in [6.45, 7) is 4.21. The molecule has 0 amide bonds. The van der Waals surface area contributed by atoms with Gasteiger partial charge in [0.15, 0.2) is 12.3 Å². The highest BCUT2D eigenvalue weighted by Crippen LogP contribution is 2.58. The van der Waals surface area contributed by atoms with E-state index in [4.69, 9.17) is 42.5 Å². The number of carbonyl (C=O) groups excluding carboxylic acids is 1. The largest absolute Gasteiger partial charge is 0.478 e. The Labute approximate surface area is 302 Å². The average Bonchev–Trinajstić information content (AvgIpc) is 3.91. The van der Waals surface area contributed by atoms with Crippen LogP contribution in [0.3, 0.4) is 0 Å². The van der Waals surface area contributed by atoms with Gasteiger partial charge in [0.2, 0.25) is 11.8 Å². The van der Waals surface area contributed by atoms with Gasteiger partial charge >= 0.3 is 24.3 Å². The molecule has 2 unspecified atom stereocenters. The lowest BCUT2D eigenvalue weighted by atomic mass is 10.1. The number of ether oxygens (including phenoxy) is 3. The number of aromatic carboxylic acids is 1. The number of hydrogen-bond donors (Lipinski definition) is 1. The van der Waals surface area contributed by atoms with E-state index in [2.05, 4.69) is 29.9 Å². The third kappa shape index (κ3) is 9.00. The summed E-state index contributed by atoms with van der Waals surface area (Å²) in [6.07, 6.45) is -7.55. The van der Waals surface area contributed by atoms with Gasteiger partial charge in [-0.1, -0.05) is 23.2 Å². The Morgan fingerprint density at radius 3 is 1.48 bits per heavy atom. The number of aliphatic imine (C=N–C) groups is 4. The second-order valence-corrected chi connectivity index (χ2v) is 14.0. The summed E-state index contributed by atoms with van der Waals surface area (Å²) >= 11 is 11.8. The van der Waals surface area contributed by atoms with Crippen molar-refractivity contribution in [2.24, 2.45) is 30.8 Å². The summed E-state index contributed by atoms with van der Waals surface area (Å²) in [4.78, 5) is 47.2. The zero-order valence-electron chi connectivity index (χ0n) is 27.6. The molecule has 0 bridgehead atoms. The molecule has 0 aromatic carbocycles. The van der Waals surface area contributed by atoms with Crippen LogP contribution >= 0.6 is 23.2 Å². The summed E-state index contributed by atoms with van der Waals surface area (Å²) in [5.74, 6) is -1.84. The zero-order chi connectivity index (χ0) is 38.3. The first kappa shape index (κ1) is 38.9. The van der Waals surface area contributed by atoms with Crippen molar-refractivity contribution in [3.63, 3.8) is 0 Å². The lowest BCUT2D eigenvalue weighted by Gasteiger charge is -2.19. The predicted molar refractivity (Wildman–Crippen MR) is 175 cm³/mol. The number of halogens is 8. The van der Waals surface area contributed by atoms with Gasteiger partial charge in [0, 0.05) is 0 Å². The van der Waals surface area contributed by atoms with Crippen molar-refractivity contribution in [3.05, 3.63) is 57.1 Å². The third-order valence-electron chi connectivity index (χ3n) is 8.17. The normalized spacial score (nSPS) is 21.1. The van der Waals surface area contributed by atoms with Gasteiger partial charge in [-0.05, 0) is 70.7 Å². The van der Waals surface area contributed by atoms with Crippen LogP contribution in [0.5, 0.6) is 0 Å². The lowest BCUT2D eigenvalue weighted by molar-refractivity contribution is -0.195. The molecule has 2 atom stereocenters. The highest BCUT2D eigenvalue weighted by molar-refractivity contribution is 6.33. The maximum absolute atomic E-state index is 12.9. The highest BCUT2D eigenvalue weighted by atomic mass is 35.5. The molecule has 20 heteroatoms. The fraction of sp³-hybridized carbons (Fsp3) is 0.500. The number of carbonyl (C=O) groups is 2.